The third kappa shape index (κ3) is 2.22. The molecule has 2 aromatic rings. The van der Waals surface area contributed by atoms with Crippen molar-refractivity contribution < 1.29 is 0 Å². The number of imidazole rings is 1. The minimum atomic E-state index is -0.160. The summed E-state index contributed by atoms with van der Waals surface area (Å²) >= 11 is 6.37. The molecule has 0 radical (unpaired) electrons. The van der Waals surface area contributed by atoms with Crippen LogP contribution in [0.3, 0.4) is 0 Å². The molecular formula is C17H20ClN3. The van der Waals surface area contributed by atoms with Gasteiger partial charge in [0.1, 0.15) is 17.4 Å². The van der Waals surface area contributed by atoms with Gasteiger partial charge < -0.3 is 4.57 Å². The summed E-state index contributed by atoms with van der Waals surface area (Å²) in [5.74, 6) is 2.20. The zero-order chi connectivity index (χ0) is 15.1. The summed E-state index contributed by atoms with van der Waals surface area (Å²) in [6, 6.07) is 8.48. The lowest BCUT2D eigenvalue weighted by Gasteiger charge is -2.23. The first-order valence-electron chi connectivity index (χ1n) is 7.59. The lowest BCUT2D eigenvalue weighted by Crippen LogP contribution is -2.17. The summed E-state index contributed by atoms with van der Waals surface area (Å²) in [4.78, 5) is 4.70. The van der Waals surface area contributed by atoms with Crippen molar-refractivity contribution in [3.05, 3.63) is 29.6 Å². The second-order valence-electron chi connectivity index (χ2n) is 6.22. The van der Waals surface area contributed by atoms with Crippen LogP contribution in [0.15, 0.2) is 18.2 Å². The molecule has 0 aliphatic heterocycles. The topological polar surface area (TPSA) is 41.6 Å². The number of aromatic nitrogens is 2. The third-order valence-corrected chi connectivity index (χ3v) is 5.17. The van der Waals surface area contributed by atoms with Gasteiger partial charge in [-0.05, 0) is 43.7 Å². The molecule has 4 heteroatoms. The SMILES string of the molecule is CC(Cl)c1nc2c(C#N)cccc2n1C1CCC(C)C1C. The highest BCUT2D eigenvalue weighted by molar-refractivity contribution is 6.20. The monoisotopic (exact) mass is 301 g/mol. The molecule has 0 amide bonds. The van der Waals surface area contributed by atoms with Gasteiger partial charge in [-0.2, -0.15) is 5.26 Å². The fourth-order valence-corrected chi connectivity index (χ4v) is 3.71. The van der Waals surface area contributed by atoms with Crippen molar-refractivity contribution in [1.82, 2.24) is 9.55 Å². The number of hydrogen-bond acceptors (Lipinski definition) is 2. The van der Waals surface area contributed by atoms with E-state index in [-0.39, 0.29) is 5.38 Å². The van der Waals surface area contributed by atoms with Crippen LogP contribution >= 0.6 is 11.6 Å². The average Bonchev–Trinajstić information content (AvgIpc) is 3.00. The Bertz CT molecular complexity index is 711. The predicted octanol–water partition coefficient (Wildman–Crippen LogP) is 4.81. The quantitative estimate of drug-likeness (QED) is 0.747. The molecule has 4 atom stereocenters. The van der Waals surface area contributed by atoms with Gasteiger partial charge in [0.15, 0.2) is 0 Å². The molecule has 0 N–H and O–H groups in total. The van der Waals surface area contributed by atoms with Gasteiger partial charge in [0, 0.05) is 6.04 Å². The van der Waals surface area contributed by atoms with E-state index in [0.29, 0.717) is 23.4 Å². The highest BCUT2D eigenvalue weighted by Crippen LogP contribution is 2.43. The number of para-hydroxylation sites is 1. The maximum atomic E-state index is 9.30. The van der Waals surface area contributed by atoms with Gasteiger partial charge >= 0.3 is 0 Å². The van der Waals surface area contributed by atoms with Crippen LogP contribution in [0, 0.1) is 23.2 Å². The average molecular weight is 302 g/mol. The number of benzene rings is 1. The van der Waals surface area contributed by atoms with Crippen LogP contribution in [0.2, 0.25) is 0 Å². The fraction of sp³-hybridized carbons (Fsp3) is 0.529. The number of fused-ring (bicyclic) bond motifs is 1. The molecule has 1 aliphatic rings. The number of hydrogen-bond donors (Lipinski definition) is 0. The Balaban J connectivity index is 2.25. The number of nitrogens with zero attached hydrogens (tertiary/aromatic N) is 3. The molecule has 110 valence electrons. The maximum absolute atomic E-state index is 9.30. The molecule has 0 spiro atoms. The van der Waals surface area contributed by atoms with Gasteiger partial charge in [0.2, 0.25) is 0 Å². The van der Waals surface area contributed by atoms with Gasteiger partial charge in [-0.15, -0.1) is 11.6 Å². The number of halogens is 1. The molecule has 21 heavy (non-hydrogen) atoms. The van der Waals surface area contributed by atoms with E-state index in [1.165, 1.54) is 6.42 Å². The highest BCUT2D eigenvalue weighted by atomic mass is 35.5. The number of nitriles is 1. The van der Waals surface area contributed by atoms with Crippen LogP contribution < -0.4 is 0 Å². The Morgan fingerprint density at radius 1 is 1.38 bits per heavy atom. The van der Waals surface area contributed by atoms with E-state index in [4.69, 9.17) is 16.6 Å². The molecule has 3 rings (SSSR count). The summed E-state index contributed by atoms with van der Waals surface area (Å²) in [7, 11) is 0. The van der Waals surface area contributed by atoms with E-state index in [0.717, 1.165) is 23.3 Å². The van der Waals surface area contributed by atoms with E-state index in [1.54, 1.807) is 0 Å². The van der Waals surface area contributed by atoms with E-state index in [9.17, 15) is 5.26 Å². The van der Waals surface area contributed by atoms with Crippen molar-refractivity contribution in [3.8, 4) is 6.07 Å². The molecule has 1 aromatic carbocycles. The van der Waals surface area contributed by atoms with Crippen molar-refractivity contribution in [2.24, 2.45) is 11.8 Å². The van der Waals surface area contributed by atoms with Crippen molar-refractivity contribution in [2.45, 2.75) is 45.0 Å². The van der Waals surface area contributed by atoms with E-state index in [1.807, 2.05) is 19.1 Å². The second-order valence-corrected chi connectivity index (χ2v) is 6.88. The fourth-order valence-electron chi connectivity index (χ4n) is 3.56. The van der Waals surface area contributed by atoms with Crippen LogP contribution in [-0.4, -0.2) is 9.55 Å². The van der Waals surface area contributed by atoms with Crippen molar-refractivity contribution >= 4 is 22.6 Å². The number of rotatable bonds is 2. The molecule has 0 bridgehead atoms. The molecule has 3 nitrogen and oxygen atoms in total. The lowest BCUT2D eigenvalue weighted by molar-refractivity contribution is 0.352. The largest absolute Gasteiger partial charge is 0.323 e. The normalized spacial score (nSPS) is 26.9. The minimum Gasteiger partial charge on any atom is -0.323 e. The third-order valence-electron chi connectivity index (χ3n) is 4.98. The van der Waals surface area contributed by atoms with Crippen molar-refractivity contribution in [2.75, 3.05) is 0 Å². The number of alkyl halides is 1. The molecular weight excluding hydrogens is 282 g/mol. The first-order valence-corrected chi connectivity index (χ1v) is 8.03. The van der Waals surface area contributed by atoms with Gasteiger partial charge in [-0.1, -0.05) is 19.9 Å². The van der Waals surface area contributed by atoms with Crippen molar-refractivity contribution in [3.63, 3.8) is 0 Å². The molecule has 1 aliphatic carbocycles. The Labute approximate surface area is 130 Å². The predicted molar refractivity (Wildman–Crippen MR) is 85.3 cm³/mol. The highest BCUT2D eigenvalue weighted by Gasteiger charge is 2.34. The first kappa shape index (κ1) is 14.4. The van der Waals surface area contributed by atoms with Gasteiger partial charge in [0.25, 0.3) is 0 Å². The Kier molecular flexibility index (Phi) is 3.67. The van der Waals surface area contributed by atoms with Gasteiger partial charge in [-0.3, -0.25) is 0 Å². The lowest BCUT2D eigenvalue weighted by atomic mass is 9.97. The summed E-state index contributed by atoms with van der Waals surface area (Å²) in [5, 5.41) is 9.14. The summed E-state index contributed by atoms with van der Waals surface area (Å²) in [6.07, 6.45) is 2.39. The van der Waals surface area contributed by atoms with E-state index < -0.39 is 0 Å². The summed E-state index contributed by atoms with van der Waals surface area (Å²) in [5.41, 5.74) is 2.46. The molecule has 4 unspecified atom stereocenters. The minimum absolute atomic E-state index is 0.160. The van der Waals surface area contributed by atoms with Gasteiger partial charge in [-0.25, -0.2) is 4.98 Å². The Morgan fingerprint density at radius 3 is 2.71 bits per heavy atom. The Morgan fingerprint density at radius 2 is 2.14 bits per heavy atom. The molecule has 1 saturated carbocycles. The zero-order valence-corrected chi connectivity index (χ0v) is 13.4. The van der Waals surface area contributed by atoms with Gasteiger partial charge in [0.05, 0.1) is 16.5 Å². The first-order chi connectivity index (χ1) is 10.0. The van der Waals surface area contributed by atoms with Crippen LogP contribution in [-0.2, 0) is 0 Å². The summed E-state index contributed by atoms with van der Waals surface area (Å²) < 4.78 is 2.29. The molecule has 0 saturated heterocycles. The standard InChI is InChI=1S/C17H20ClN3/c1-10-7-8-14(11(10)2)21-15-6-4-5-13(9-19)16(15)20-17(21)12(3)18/h4-6,10-12,14H,7-8H2,1-3H3. The van der Waals surface area contributed by atoms with Crippen LogP contribution in [0.5, 0.6) is 0 Å². The van der Waals surface area contributed by atoms with E-state index in [2.05, 4.69) is 30.6 Å². The van der Waals surface area contributed by atoms with Crippen LogP contribution in [0.1, 0.15) is 56.4 Å². The zero-order valence-electron chi connectivity index (χ0n) is 12.7. The molecule has 1 fully saturated rings. The van der Waals surface area contributed by atoms with Crippen molar-refractivity contribution in [1.29, 1.82) is 5.26 Å². The maximum Gasteiger partial charge on any atom is 0.128 e. The molecule has 1 aromatic heterocycles. The second kappa shape index (κ2) is 5.35. The Hall–Kier alpha value is -1.53. The van der Waals surface area contributed by atoms with E-state index >= 15 is 0 Å². The summed E-state index contributed by atoms with van der Waals surface area (Å²) in [6.45, 7) is 6.58. The smallest absolute Gasteiger partial charge is 0.128 e. The van der Waals surface area contributed by atoms with Crippen LogP contribution in [0.25, 0.3) is 11.0 Å². The van der Waals surface area contributed by atoms with Crippen LogP contribution in [0.4, 0.5) is 0 Å². The molecule has 1 heterocycles.